The topological polar surface area (TPSA) is 68.1 Å². The Morgan fingerprint density at radius 3 is 2.28 bits per heavy atom. The molecule has 0 radical (unpaired) electrons. The van der Waals surface area contributed by atoms with E-state index in [4.69, 9.17) is 16.3 Å². The zero-order valence-corrected chi connectivity index (χ0v) is 16.3. The van der Waals surface area contributed by atoms with Crippen molar-refractivity contribution in [2.45, 2.75) is 20.0 Å². The highest BCUT2D eigenvalue weighted by Crippen LogP contribution is 2.36. The number of hydrogen-bond acceptors (Lipinski definition) is 5. The Morgan fingerprint density at radius 2 is 1.66 bits per heavy atom. The molecule has 0 spiro atoms. The Bertz CT molecular complexity index is 1010. The first-order valence-electron chi connectivity index (χ1n) is 8.69. The summed E-state index contributed by atoms with van der Waals surface area (Å²) in [5.74, 6) is 0.749. The number of hydrogen-bond donors (Lipinski definition) is 1. The number of aromatic hydroxyl groups is 1. The Morgan fingerprint density at radius 1 is 1.00 bits per heavy atom. The summed E-state index contributed by atoms with van der Waals surface area (Å²) in [4.78, 5) is 12.0. The molecule has 0 saturated heterocycles. The second kappa shape index (κ2) is 8.24. The first-order chi connectivity index (χ1) is 13.6. The van der Waals surface area contributed by atoms with Crippen molar-refractivity contribution in [3.8, 4) is 34.5 Å². The molecule has 1 N–H and O–H groups in total. The lowest BCUT2D eigenvalue weighted by Gasteiger charge is -2.14. The smallest absolute Gasteiger partial charge is 0.416 e. The average Bonchev–Trinajstić information content (AvgIpc) is 2.65. The zero-order chi connectivity index (χ0) is 21.2. The fraction of sp³-hybridized carbons (Fsp3) is 0.250. The molecule has 0 bridgehead atoms. The van der Waals surface area contributed by atoms with E-state index >= 15 is 0 Å². The third-order valence-electron chi connectivity index (χ3n) is 3.87. The number of alkyl halides is 3. The van der Waals surface area contributed by atoms with Crippen LogP contribution in [-0.2, 0) is 6.18 Å². The van der Waals surface area contributed by atoms with E-state index < -0.39 is 17.8 Å². The van der Waals surface area contributed by atoms with E-state index in [2.05, 4.69) is 15.0 Å². The monoisotopic (exact) mass is 423 g/mol. The van der Waals surface area contributed by atoms with Crippen molar-refractivity contribution in [3.63, 3.8) is 0 Å². The number of nitrogens with zero attached hydrogens (tertiary/aromatic N) is 3. The normalized spacial score (nSPS) is 11.7. The van der Waals surface area contributed by atoms with Gasteiger partial charge in [0.25, 0.3) is 0 Å². The summed E-state index contributed by atoms with van der Waals surface area (Å²) < 4.78 is 44.1. The lowest BCUT2D eigenvalue weighted by molar-refractivity contribution is -0.137. The highest BCUT2D eigenvalue weighted by molar-refractivity contribution is 6.33. The van der Waals surface area contributed by atoms with Gasteiger partial charge in [-0.05, 0) is 30.2 Å². The van der Waals surface area contributed by atoms with Crippen molar-refractivity contribution >= 4 is 11.6 Å². The lowest BCUT2D eigenvalue weighted by atomic mass is 10.1. The minimum Gasteiger partial charge on any atom is -0.492 e. The number of halogens is 4. The molecule has 0 aliphatic heterocycles. The van der Waals surface area contributed by atoms with Crippen LogP contribution >= 0.6 is 11.6 Å². The van der Waals surface area contributed by atoms with Gasteiger partial charge in [0, 0.05) is 5.56 Å². The molecular formula is C20H17ClF3N3O2. The molecular weight excluding hydrogens is 407 g/mol. The summed E-state index contributed by atoms with van der Waals surface area (Å²) in [6.45, 7) is 4.40. The molecule has 1 aromatic heterocycles. The van der Waals surface area contributed by atoms with Gasteiger partial charge in [-0.3, -0.25) is 0 Å². The first-order valence-corrected chi connectivity index (χ1v) is 9.07. The van der Waals surface area contributed by atoms with Crippen LogP contribution in [0.2, 0.25) is 5.02 Å². The average molecular weight is 424 g/mol. The summed E-state index contributed by atoms with van der Waals surface area (Å²) in [5, 5.41) is 10.3. The summed E-state index contributed by atoms with van der Waals surface area (Å²) in [5.41, 5.74) is -0.149. The van der Waals surface area contributed by atoms with E-state index in [1.807, 2.05) is 13.8 Å². The van der Waals surface area contributed by atoms with Gasteiger partial charge in [-0.1, -0.05) is 43.6 Å². The zero-order valence-electron chi connectivity index (χ0n) is 15.5. The molecule has 1 heterocycles. The van der Waals surface area contributed by atoms with E-state index in [1.54, 1.807) is 18.2 Å². The van der Waals surface area contributed by atoms with Crippen LogP contribution in [0.4, 0.5) is 13.2 Å². The molecule has 152 valence electrons. The van der Waals surface area contributed by atoms with Gasteiger partial charge in [-0.2, -0.15) is 23.1 Å². The van der Waals surface area contributed by atoms with Crippen molar-refractivity contribution < 1.29 is 23.0 Å². The van der Waals surface area contributed by atoms with Crippen LogP contribution in [0, 0.1) is 5.92 Å². The highest BCUT2D eigenvalue weighted by Gasteiger charge is 2.30. The minimum absolute atomic E-state index is 0.0101. The molecule has 0 aliphatic carbocycles. The molecule has 0 amide bonds. The maximum atomic E-state index is 12.8. The van der Waals surface area contributed by atoms with Gasteiger partial charge in [0.1, 0.15) is 5.75 Å². The quantitative estimate of drug-likeness (QED) is 0.577. The predicted molar refractivity (Wildman–Crippen MR) is 103 cm³/mol. The minimum atomic E-state index is -4.45. The van der Waals surface area contributed by atoms with E-state index in [1.165, 1.54) is 12.1 Å². The second-order valence-corrected chi connectivity index (χ2v) is 7.08. The molecule has 0 unspecified atom stereocenters. The van der Waals surface area contributed by atoms with Crippen molar-refractivity contribution in [3.05, 3.63) is 53.1 Å². The van der Waals surface area contributed by atoms with Crippen LogP contribution in [0.15, 0.2) is 42.5 Å². The molecule has 2 aromatic carbocycles. The second-order valence-electron chi connectivity index (χ2n) is 6.68. The molecule has 5 nitrogen and oxygen atoms in total. The molecule has 0 fully saturated rings. The van der Waals surface area contributed by atoms with Crippen LogP contribution in [0.1, 0.15) is 19.4 Å². The van der Waals surface area contributed by atoms with E-state index in [0.717, 1.165) is 12.1 Å². The third kappa shape index (κ3) is 4.95. The van der Waals surface area contributed by atoms with Crippen LogP contribution in [0.3, 0.4) is 0 Å². The third-order valence-corrected chi connectivity index (χ3v) is 4.18. The van der Waals surface area contributed by atoms with Crippen molar-refractivity contribution in [1.82, 2.24) is 15.0 Å². The Balaban J connectivity index is 2.05. The van der Waals surface area contributed by atoms with Gasteiger partial charge >= 0.3 is 12.2 Å². The fourth-order valence-electron chi connectivity index (χ4n) is 2.51. The van der Waals surface area contributed by atoms with E-state index in [0.29, 0.717) is 22.9 Å². The number of rotatable bonds is 5. The van der Waals surface area contributed by atoms with Crippen LogP contribution in [-0.4, -0.2) is 26.7 Å². The maximum absolute atomic E-state index is 12.8. The molecule has 3 rings (SSSR count). The standard InChI is InChI=1S/C20H17ClF3N3O2/c1-11(2)10-29-15-5-3-4-14(21)16(15)18-25-17(26-19(28)27-18)12-6-8-13(9-7-12)20(22,23)24/h3-9,11H,10H2,1-2H3,(H,25,26,27,28). The van der Waals surface area contributed by atoms with Crippen molar-refractivity contribution in [2.24, 2.45) is 5.92 Å². The number of ether oxygens (including phenoxy) is 1. The van der Waals surface area contributed by atoms with Gasteiger partial charge in [-0.15, -0.1) is 0 Å². The van der Waals surface area contributed by atoms with Crippen LogP contribution in [0.25, 0.3) is 22.8 Å². The highest BCUT2D eigenvalue weighted by atomic mass is 35.5. The van der Waals surface area contributed by atoms with E-state index in [9.17, 15) is 18.3 Å². The van der Waals surface area contributed by atoms with Gasteiger partial charge in [0.05, 0.1) is 22.8 Å². The number of aromatic nitrogens is 3. The van der Waals surface area contributed by atoms with Gasteiger partial charge in [0.2, 0.25) is 0 Å². The SMILES string of the molecule is CC(C)COc1cccc(Cl)c1-c1nc(O)nc(-c2ccc(C(F)(F)F)cc2)n1. The van der Waals surface area contributed by atoms with Gasteiger partial charge < -0.3 is 9.84 Å². The summed E-state index contributed by atoms with van der Waals surface area (Å²) >= 11 is 6.31. The molecule has 0 aliphatic rings. The molecule has 0 saturated carbocycles. The summed E-state index contributed by atoms with van der Waals surface area (Å²) in [6.07, 6.45) is -4.45. The number of benzene rings is 2. The van der Waals surface area contributed by atoms with Crippen LogP contribution in [0.5, 0.6) is 11.8 Å². The fourth-order valence-corrected chi connectivity index (χ4v) is 2.76. The first kappa shape index (κ1) is 20.9. The van der Waals surface area contributed by atoms with Crippen LogP contribution < -0.4 is 4.74 Å². The molecule has 3 aromatic rings. The van der Waals surface area contributed by atoms with E-state index in [-0.39, 0.29) is 23.1 Å². The Hall–Kier alpha value is -2.87. The molecule has 29 heavy (non-hydrogen) atoms. The van der Waals surface area contributed by atoms with Crippen molar-refractivity contribution in [2.75, 3.05) is 6.61 Å². The predicted octanol–water partition coefficient (Wildman–Crippen LogP) is 5.62. The van der Waals surface area contributed by atoms with Gasteiger partial charge in [-0.25, -0.2) is 4.98 Å². The Kier molecular flexibility index (Phi) is 5.93. The molecule has 0 atom stereocenters. The van der Waals surface area contributed by atoms with Crippen molar-refractivity contribution in [1.29, 1.82) is 0 Å². The maximum Gasteiger partial charge on any atom is 0.416 e. The van der Waals surface area contributed by atoms with Gasteiger partial charge in [0.15, 0.2) is 11.6 Å². The summed E-state index contributed by atoms with van der Waals surface area (Å²) in [7, 11) is 0. The molecule has 9 heteroatoms. The Labute approximate surface area is 170 Å². The summed E-state index contributed by atoms with van der Waals surface area (Å²) in [6, 6.07) is 8.73. The lowest BCUT2D eigenvalue weighted by Crippen LogP contribution is -2.06. The largest absolute Gasteiger partial charge is 0.492 e.